The van der Waals surface area contributed by atoms with Crippen LogP contribution in [-0.4, -0.2) is 40.9 Å². The highest BCUT2D eigenvalue weighted by Gasteiger charge is 2.36. The Labute approximate surface area is 101 Å². The molecule has 0 atom stereocenters. The Bertz CT molecular complexity index is 357. The summed E-state index contributed by atoms with van der Waals surface area (Å²) in [7, 11) is 0. The molecule has 0 aliphatic rings. The summed E-state index contributed by atoms with van der Waals surface area (Å²) in [5, 5.41) is 27.4. The molecule has 0 amide bonds. The van der Waals surface area contributed by atoms with Crippen LogP contribution < -0.4 is 0 Å². The number of hydrogen-bond acceptors (Lipinski definition) is 4. The highest BCUT2D eigenvalue weighted by molar-refractivity contribution is 5.87. The number of hydrogen-bond donors (Lipinski definition) is 3. The largest absolute Gasteiger partial charge is 0.395 e. The quantitative estimate of drug-likeness (QED) is 0.655. The Morgan fingerprint density at radius 1 is 1.06 bits per heavy atom. The van der Waals surface area contributed by atoms with Gasteiger partial charge in [0.2, 0.25) is 0 Å². The van der Waals surface area contributed by atoms with Gasteiger partial charge in [-0.15, -0.1) is 0 Å². The average Bonchev–Trinajstić information content (AvgIpc) is 2.35. The van der Waals surface area contributed by atoms with Gasteiger partial charge in [-0.25, -0.2) is 0 Å². The van der Waals surface area contributed by atoms with Crippen molar-refractivity contribution in [2.24, 2.45) is 5.41 Å². The minimum absolute atomic E-state index is 0.0992. The average molecular weight is 238 g/mol. The van der Waals surface area contributed by atoms with Crippen LogP contribution in [0.2, 0.25) is 0 Å². The molecule has 1 aromatic rings. The standard InChI is InChI=1S/C13H18O4/c1-10-2-4-11(5-3-10)6-12(17)13(7-14,8-15)9-16/h2-5,14-16H,6-9H2,1H3. The molecular formula is C13H18O4. The molecule has 1 aromatic carbocycles. The number of Topliss-reactive ketones (excluding diaryl/α,β-unsaturated/α-hetero) is 1. The van der Waals surface area contributed by atoms with E-state index in [1.165, 1.54) is 0 Å². The normalized spacial score (nSPS) is 11.5. The van der Waals surface area contributed by atoms with Gasteiger partial charge < -0.3 is 15.3 Å². The minimum atomic E-state index is -1.44. The van der Waals surface area contributed by atoms with Crippen LogP contribution in [0.15, 0.2) is 24.3 Å². The Kier molecular flexibility index (Phi) is 4.81. The van der Waals surface area contributed by atoms with Crippen LogP contribution in [0.1, 0.15) is 11.1 Å². The maximum Gasteiger partial charge on any atom is 0.150 e. The van der Waals surface area contributed by atoms with Gasteiger partial charge in [0.05, 0.1) is 25.2 Å². The molecule has 0 spiro atoms. The fourth-order valence-corrected chi connectivity index (χ4v) is 1.49. The van der Waals surface area contributed by atoms with E-state index in [1.807, 2.05) is 31.2 Å². The molecule has 0 bridgehead atoms. The first-order valence-corrected chi connectivity index (χ1v) is 5.49. The molecule has 0 saturated carbocycles. The van der Waals surface area contributed by atoms with Gasteiger partial charge in [0.25, 0.3) is 0 Å². The van der Waals surface area contributed by atoms with Crippen molar-refractivity contribution in [2.75, 3.05) is 19.8 Å². The summed E-state index contributed by atoms with van der Waals surface area (Å²) >= 11 is 0. The van der Waals surface area contributed by atoms with Crippen molar-refractivity contribution in [1.82, 2.24) is 0 Å². The third-order valence-corrected chi connectivity index (χ3v) is 2.98. The minimum Gasteiger partial charge on any atom is -0.395 e. The van der Waals surface area contributed by atoms with Crippen LogP contribution in [0.4, 0.5) is 0 Å². The van der Waals surface area contributed by atoms with Crippen LogP contribution in [0, 0.1) is 12.3 Å². The first kappa shape index (κ1) is 13.8. The fraction of sp³-hybridized carbons (Fsp3) is 0.462. The number of benzene rings is 1. The summed E-state index contributed by atoms with van der Waals surface area (Å²) < 4.78 is 0. The maximum absolute atomic E-state index is 11.9. The predicted octanol–water partition coefficient (Wildman–Crippen LogP) is 0.0699. The summed E-state index contributed by atoms with van der Waals surface area (Å²) in [5.41, 5.74) is 0.462. The molecule has 0 aliphatic carbocycles. The highest BCUT2D eigenvalue weighted by atomic mass is 16.3. The van der Waals surface area contributed by atoms with E-state index in [4.69, 9.17) is 15.3 Å². The van der Waals surface area contributed by atoms with Crippen LogP contribution in [-0.2, 0) is 11.2 Å². The van der Waals surface area contributed by atoms with Crippen LogP contribution in [0.25, 0.3) is 0 Å². The number of rotatable bonds is 6. The molecule has 4 nitrogen and oxygen atoms in total. The van der Waals surface area contributed by atoms with Gasteiger partial charge >= 0.3 is 0 Å². The molecule has 0 unspecified atom stereocenters. The lowest BCUT2D eigenvalue weighted by molar-refractivity contribution is -0.136. The topological polar surface area (TPSA) is 77.8 Å². The Morgan fingerprint density at radius 2 is 1.53 bits per heavy atom. The van der Waals surface area contributed by atoms with Gasteiger partial charge in [-0.1, -0.05) is 29.8 Å². The summed E-state index contributed by atoms with van der Waals surface area (Å²) in [4.78, 5) is 11.9. The number of aliphatic hydroxyl groups excluding tert-OH is 3. The van der Waals surface area contributed by atoms with Crippen molar-refractivity contribution in [3.05, 3.63) is 35.4 Å². The zero-order chi connectivity index (χ0) is 12.9. The van der Waals surface area contributed by atoms with E-state index in [2.05, 4.69) is 0 Å². The molecule has 0 heterocycles. The molecule has 0 aromatic heterocycles. The molecule has 0 fully saturated rings. The monoisotopic (exact) mass is 238 g/mol. The highest BCUT2D eigenvalue weighted by Crippen LogP contribution is 2.19. The van der Waals surface area contributed by atoms with Gasteiger partial charge in [-0.05, 0) is 12.5 Å². The molecule has 0 saturated heterocycles. The van der Waals surface area contributed by atoms with Crippen molar-refractivity contribution in [2.45, 2.75) is 13.3 Å². The van der Waals surface area contributed by atoms with E-state index in [1.54, 1.807) is 0 Å². The summed E-state index contributed by atoms with van der Waals surface area (Å²) in [6, 6.07) is 7.43. The first-order chi connectivity index (χ1) is 8.07. The van der Waals surface area contributed by atoms with Gasteiger partial charge in [0.15, 0.2) is 0 Å². The molecular weight excluding hydrogens is 220 g/mol. The van der Waals surface area contributed by atoms with E-state index in [-0.39, 0.29) is 12.2 Å². The third kappa shape index (κ3) is 3.12. The van der Waals surface area contributed by atoms with Crippen molar-refractivity contribution >= 4 is 5.78 Å². The Balaban J connectivity index is 2.80. The van der Waals surface area contributed by atoms with Crippen LogP contribution in [0.5, 0.6) is 0 Å². The van der Waals surface area contributed by atoms with E-state index in [9.17, 15) is 4.79 Å². The second kappa shape index (κ2) is 5.91. The van der Waals surface area contributed by atoms with E-state index < -0.39 is 25.2 Å². The van der Waals surface area contributed by atoms with Crippen molar-refractivity contribution in [3.63, 3.8) is 0 Å². The van der Waals surface area contributed by atoms with E-state index >= 15 is 0 Å². The zero-order valence-electron chi connectivity index (χ0n) is 9.89. The molecule has 17 heavy (non-hydrogen) atoms. The van der Waals surface area contributed by atoms with Crippen LogP contribution >= 0.6 is 0 Å². The number of carbonyl (C=O) groups is 1. The van der Waals surface area contributed by atoms with Gasteiger partial charge in [-0.2, -0.15) is 0 Å². The lowest BCUT2D eigenvalue weighted by Crippen LogP contribution is -2.43. The van der Waals surface area contributed by atoms with Gasteiger partial charge in [0.1, 0.15) is 5.78 Å². The van der Waals surface area contributed by atoms with E-state index in [0.29, 0.717) is 0 Å². The SMILES string of the molecule is Cc1ccc(CC(=O)C(CO)(CO)CO)cc1. The smallest absolute Gasteiger partial charge is 0.150 e. The number of aryl methyl sites for hydroxylation is 1. The maximum atomic E-state index is 11.9. The lowest BCUT2D eigenvalue weighted by atomic mass is 9.83. The van der Waals surface area contributed by atoms with Crippen LogP contribution in [0.3, 0.4) is 0 Å². The molecule has 0 aliphatic heterocycles. The molecule has 4 heteroatoms. The summed E-state index contributed by atoms with van der Waals surface area (Å²) in [6.45, 7) is 0.297. The van der Waals surface area contributed by atoms with Crippen molar-refractivity contribution in [1.29, 1.82) is 0 Å². The summed E-state index contributed by atoms with van der Waals surface area (Å²) in [5.74, 6) is -0.353. The van der Waals surface area contributed by atoms with Crippen molar-refractivity contribution in [3.8, 4) is 0 Å². The number of aliphatic hydroxyl groups is 3. The summed E-state index contributed by atoms with van der Waals surface area (Å²) in [6.07, 6.45) is 0.0992. The molecule has 1 rings (SSSR count). The second-order valence-corrected chi connectivity index (χ2v) is 4.34. The molecule has 3 N–H and O–H groups in total. The van der Waals surface area contributed by atoms with Gasteiger partial charge in [0, 0.05) is 6.42 Å². The zero-order valence-corrected chi connectivity index (χ0v) is 9.89. The molecule has 0 radical (unpaired) electrons. The Morgan fingerprint density at radius 3 is 1.94 bits per heavy atom. The van der Waals surface area contributed by atoms with Crippen molar-refractivity contribution < 1.29 is 20.1 Å². The fourth-order valence-electron chi connectivity index (χ4n) is 1.49. The lowest BCUT2D eigenvalue weighted by Gasteiger charge is -2.25. The number of carbonyl (C=O) groups excluding carboxylic acids is 1. The van der Waals surface area contributed by atoms with E-state index in [0.717, 1.165) is 11.1 Å². The second-order valence-electron chi connectivity index (χ2n) is 4.34. The number of ketones is 1. The Hall–Kier alpha value is -1.23. The van der Waals surface area contributed by atoms with Gasteiger partial charge in [-0.3, -0.25) is 4.79 Å². The predicted molar refractivity (Wildman–Crippen MR) is 63.6 cm³/mol. The molecule has 94 valence electrons. The first-order valence-electron chi connectivity index (χ1n) is 5.49. The third-order valence-electron chi connectivity index (χ3n) is 2.98.